The van der Waals surface area contributed by atoms with E-state index >= 15 is 0 Å². The van der Waals surface area contributed by atoms with Crippen molar-refractivity contribution >= 4 is 34.4 Å². The maximum Gasteiger partial charge on any atom is 0.240 e. The minimum absolute atomic E-state index is 0.111. The Bertz CT molecular complexity index is 637. The van der Waals surface area contributed by atoms with Gasteiger partial charge in [0.05, 0.1) is 5.69 Å². The van der Waals surface area contributed by atoms with Crippen molar-refractivity contribution in [2.24, 2.45) is 4.99 Å². The lowest BCUT2D eigenvalue weighted by atomic mass is 10.2. The highest BCUT2D eigenvalue weighted by molar-refractivity contribution is 8.15. The molecule has 8 heteroatoms. The summed E-state index contributed by atoms with van der Waals surface area (Å²) in [6.45, 7) is 2.67. The van der Waals surface area contributed by atoms with Crippen LogP contribution >= 0.6 is 11.8 Å². The third-order valence-electron chi connectivity index (χ3n) is 3.12. The number of benzene rings is 1. The Morgan fingerprint density at radius 2 is 2.22 bits per heavy atom. The lowest BCUT2D eigenvalue weighted by molar-refractivity contribution is -0.122. The van der Waals surface area contributed by atoms with E-state index in [1.807, 2.05) is 6.92 Å². The maximum absolute atomic E-state index is 13.5. The molecule has 0 aliphatic carbocycles. The number of thioether (sulfide) groups is 1. The average molecular weight is 341 g/mol. The van der Waals surface area contributed by atoms with Crippen LogP contribution in [0.15, 0.2) is 23.2 Å². The summed E-state index contributed by atoms with van der Waals surface area (Å²) in [4.78, 5) is 28.0. The summed E-state index contributed by atoms with van der Waals surface area (Å²) in [7, 11) is 0. The van der Waals surface area contributed by atoms with Gasteiger partial charge in [0.15, 0.2) is 5.17 Å². The van der Waals surface area contributed by atoms with E-state index in [-0.39, 0.29) is 18.0 Å². The summed E-state index contributed by atoms with van der Waals surface area (Å²) in [5, 5.41) is 4.87. The normalized spacial score (nSPS) is 19.0. The number of anilines is 1. The van der Waals surface area contributed by atoms with E-state index < -0.39 is 22.8 Å². The van der Waals surface area contributed by atoms with E-state index in [2.05, 4.69) is 15.6 Å². The highest BCUT2D eigenvalue weighted by atomic mass is 32.2. The molecule has 1 aromatic rings. The van der Waals surface area contributed by atoms with E-state index in [0.29, 0.717) is 17.8 Å². The number of nitrogens with one attached hydrogen (secondary N) is 2. The Labute approximate surface area is 136 Å². The minimum atomic E-state index is -0.858. The van der Waals surface area contributed by atoms with Gasteiger partial charge in [0.2, 0.25) is 11.8 Å². The van der Waals surface area contributed by atoms with Gasteiger partial charge in [-0.1, -0.05) is 25.1 Å². The molecule has 124 valence electrons. The minimum Gasteiger partial charge on any atom is -0.324 e. The lowest BCUT2D eigenvalue weighted by Crippen LogP contribution is -2.28. The number of rotatable bonds is 6. The lowest BCUT2D eigenvalue weighted by Gasteiger charge is -2.08. The van der Waals surface area contributed by atoms with E-state index in [1.54, 1.807) is 0 Å². The van der Waals surface area contributed by atoms with Gasteiger partial charge in [-0.15, -0.1) is 0 Å². The second-order valence-corrected chi connectivity index (χ2v) is 6.20. The van der Waals surface area contributed by atoms with Crippen molar-refractivity contribution in [3.8, 4) is 0 Å². The molecule has 0 radical (unpaired) electrons. The van der Waals surface area contributed by atoms with Gasteiger partial charge >= 0.3 is 0 Å². The predicted octanol–water partition coefficient (Wildman–Crippen LogP) is 2.68. The first-order chi connectivity index (χ1) is 11.0. The van der Waals surface area contributed by atoms with E-state index in [0.717, 1.165) is 25.0 Å². The third-order valence-corrected chi connectivity index (χ3v) is 4.24. The molecule has 0 aromatic heterocycles. The number of aliphatic imine (C=N–C) groups is 1. The first-order valence-electron chi connectivity index (χ1n) is 7.26. The van der Waals surface area contributed by atoms with Crippen LogP contribution in [0.25, 0.3) is 0 Å². The zero-order chi connectivity index (χ0) is 16.8. The summed E-state index contributed by atoms with van der Waals surface area (Å²) >= 11 is 1.19. The number of carbonyl (C=O) groups excluding carboxylic acids is 2. The molecule has 23 heavy (non-hydrogen) atoms. The predicted molar refractivity (Wildman–Crippen MR) is 86.3 cm³/mol. The van der Waals surface area contributed by atoms with Crippen molar-refractivity contribution in [1.29, 1.82) is 0 Å². The maximum atomic E-state index is 13.5. The Hall–Kier alpha value is -1.96. The van der Waals surface area contributed by atoms with E-state index in [4.69, 9.17) is 0 Å². The van der Waals surface area contributed by atoms with E-state index in [9.17, 15) is 18.4 Å². The molecule has 1 saturated heterocycles. The zero-order valence-corrected chi connectivity index (χ0v) is 13.4. The molecule has 2 rings (SSSR count). The molecule has 1 aromatic carbocycles. The van der Waals surface area contributed by atoms with E-state index in [1.165, 1.54) is 11.8 Å². The Balaban J connectivity index is 1.90. The van der Waals surface area contributed by atoms with Gasteiger partial charge < -0.3 is 10.6 Å². The van der Waals surface area contributed by atoms with Crippen LogP contribution < -0.4 is 10.6 Å². The Morgan fingerprint density at radius 3 is 2.91 bits per heavy atom. The van der Waals surface area contributed by atoms with Crippen molar-refractivity contribution in [1.82, 2.24) is 5.32 Å². The fraction of sp³-hybridized carbons (Fsp3) is 0.400. The number of unbranched alkanes of at least 4 members (excludes halogenated alkanes) is 1. The number of carbonyl (C=O) groups is 2. The highest BCUT2D eigenvalue weighted by Crippen LogP contribution is 2.23. The summed E-state index contributed by atoms with van der Waals surface area (Å²) in [5.74, 6) is -2.39. The van der Waals surface area contributed by atoms with Crippen LogP contribution in [0, 0.1) is 11.6 Å². The van der Waals surface area contributed by atoms with Crippen molar-refractivity contribution in [3.63, 3.8) is 0 Å². The molecule has 2 amide bonds. The van der Waals surface area contributed by atoms with Gasteiger partial charge in [-0.2, -0.15) is 0 Å². The van der Waals surface area contributed by atoms with Gasteiger partial charge in [0.1, 0.15) is 16.9 Å². The van der Waals surface area contributed by atoms with Crippen molar-refractivity contribution in [2.45, 2.75) is 31.4 Å². The fourth-order valence-electron chi connectivity index (χ4n) is 1.91. The Kier molecular flexibility index (Phi) is 6.09. The highest BCUT2D eigenvalue weighted by Gasteiger charge is 2.32. The number of nitrogens with zero attached hydrogens (tertiary/aromatic N) is 1. The molecule has 1 atom stereocenters. The summed E-state index contributed by atoms with van der Waals surface area (Å²) in [6.07, 6.45) is 1.82. The van der Waals surface area contributed by atoms with Gasteiger partial charge in [-0.05, 0) is 18.6 Å². The Morgan fingerprint density at radius 1 is 1.43 bits per heavy atom. The topological polar surface area (TPSA) is 70.6 Å². The second-order valence-electron chi connectivity index (χ2n) is 5.01. The summed E-state index contributed by atoms with van der Waals surface area (Å²) in [5.41, 5.74) is -0.114. The van der Waals surface area contributed by atoms with Crippen LogP contribution in [-0.4, -0.2) is 28.8 Å². The molecule has 1 fully saturated rings. The van der Waals surface area contributed by atoms with Gasteiger partial charge in [-0.25, -0.2) is 8.78 Å². The van der Waals surface area contributed by atoms with Crippen LogP contribution in [-0.2, 0) is 9.59 Å². The first-order valence-corrected chi connectivity index (χ1v) is 8.14. The van der Waals surface area contributed by atoms with Gasteiger partial charge in [0, 0.05) is 19.0 Å². The van der Waals surface area contributed by atoms with Crippen molar-refractivity contribution < 1.29 is 18.4 Å². The monoisotopic (exact) mass is 341 g/mol. The molecule has 1 unspecified atom stereocenters. The van der Waals surface area contributed by atoms with Crippen LogP contribution in [0.2, 0.25) is 0 Å². The average Bonchev–Trinajstić information content (AvgIpc) is 2.82. The van der Waals surface area contributed by atoms with Crippen LogP contribution in [0.1, 0.15) is 26.2 Å². The number of amidine groups is 1. The molecule has 2 N–H and O–H groups in total. The van der Waals surface area contributed by atoms with Crippen molar-refractivity contribution in [3.05, 3.63) is 29.8 Å². The molecule has 1 heterocycles. The molecule has 0 saturated carbocycles. The molecular weight excluding hydrogens is 324 g/mol. The molecule has 5 nitrogen and oxygen atoms in total. The smallest absolute Gasteiger partial charge is 0.240 e. The quantitative estimate of drug-likeness (QED) is 0.782. The molecular formula is C15H17F2N3O2S. The standard InChI is InChI=1S/C15H17F2N3O2S/c1-2-3-6-18-15-20-14(22)12(23-15)8-13(21)19-11-5-4-9(16)7-10(11)17/h4-5,7,12H,2-3,6,8H2,1H3,(H,19,21)(H,18,20,22). The first kappa shape index (κ1) is 17.4. The number of halogens is 2. The number of amides is 2. The summed E-state index contributed by atoms with van der Waals surface area (Å²) < 4.78 is 26.3. The van der Waals surface area contributed by atoms with Gasteiger partial charge in [0.25, 0.3) is 0 Å². The van der Waals surface area contributed by atoms with Crippen LogP contribution in [0.4, 0.5) is 14.5 Å². The largest absolute Gasteiger partial charge is 0.324 e. The van der Waals surface area contributed by atoms with Crippen molar-refractivity contribution in [2.75, 3.05) is 11.9 Å². The number of hydrogen-bond acceptors (Lipinski definition) is 4. The zero-order valence-electron chi connectivity index (χ0n) is 12.6. The molecule has 1 aliphatic rings. The molecule has 0 spiro atoms. The second kappa shape index (κ2) is 8.05. The molecule has 1 aliphatic heterocycles. The summed E-state index contributed by atoms with van der Waals surface area (Å²) in [6, 6.07) is 2.88. The fourth-order valence-corrected chi connectivity index (χ4v) is 2.91. The number of hydrogen-bond donors (Lipinski definition) is 2. The van der Waals surface area contributed by atoms with Crippen LogP contribution in [0.3, 0.4) is 0 Å². The van der Waals surface area contributed by atoms with Crippen LogP contribution in [0.5, 0.6) is 0 Å². The van der Waals surface area contributed by atoms with Gasteiger partial charge in [-0.3, -0.25) is 14.6 Å². The molecule has 0 bridgehead atoms. The third kappa shape index (κ3) is 5.02. The SMILES string of the molecule is CCCCN=C1NC(=O)C(CC(=O)Nc2ccc(F)cc2F)S1.